The van der Waals surface area contributed by atoms with Gasteiger partial charge in [-0.05, 0) is 30.5 Å². The van der Waals surface area contributed by atoms with Crippen LogP contribution >= 0.6 is 11.3 Å². The number of fused-ring (bicyclic) bond motifs is 1. The molecule has 0 unspecified atom stereocenters. The lowest BCUT2D eigenvalue weighted by atomic mass is 10.0. The van der Waals surface area contributed by atoms with Gasteiger partial charge < -0.3 is 0 Å². The number of aryl methyl sites for hydroxylation is 2. The minimum absolute atomic E-state index is 0.150. The van der Waals surface area contributed by atoms with E-state index in [0.717, 1.165) is 32.0 Å². The van der Waals surface area contributed by atoms with Crippen molar-refractivity contribution in [2.75, 3.05) is 0 Å². The highest BCUT2D eigenvalue weighted by molar-refractivity contribution is 7.19. The van der Waals surface area contributed by atoms with E-state index < -0.39 is 0 Å². The van der Waals surface area contributed by atoms with Crippen LogP contribution < -0.4 is 5.56 Å². The van der Waals surface area contributed by atoms with Crippen molar-refractivity contribution >= 4 is 27.8 Å². The van der Waals surface area contributed by atoms with E-state index in [0.29, 0.717) is 5.39 Å². The van der Waals surface area contributed by atoms with Gasteiger partial charge >= 0.3 is 0 Å². The zero-order chi connectivity index (χ0) is 18.1. The third kappa shape index (κ3) is 2.86. The molecule has 0 fully saturated rings. The quantitative estimate of drug-likeness (QED) is 0.501. The SMILES string of the molecule is Cc1ccccc1/C=N\n1cnc2sc(C)c(-c3ccccc3)c2c1=O. The van der Waals surface area contributed by atoms with Crippen molar-refractivity contribution in [3.63, 3.8) is 0 Å². The van der Waals surface area contributed by atoms with E-state index in [9.17, 15) is 4.79 Å². The maximum absolute atomic E-state index is 13.1. The van der Waals surface area contributed by atoms with Crippen LogP contribution in [0.5, 0.6) is 0 Å². The first kappa shape index (κ1) is 16.4. The Labute approximate surface area is 155 Å². The van der Waals surface area contributed by atoms with Gasteiger partial charge in [-0.2, -0.15) is 9.78 Å². The standard InChI is InChI=1S/C21H17N3OS/c1-14-8-6-7-11-17(14)12-23-24-13-22-20-19(21(24)25)18(15(2)26-20)16-9-4-3-5-10-16/h3-13H,1-2H3/b23-12-. The second kappa shape index (κ2) is 6.69. The van der Waals surface area contributed by atoms with E-state index in [4.69, 9.17) is 0 Å². The number of hydrogen-bond donors (Lipinski definition) is 0. The van der Waals surface area contributed by atoms with Crippen LogP contribution in [0.15, 0.2) is 70.8 Å². The van der Waals surface area contributed by atoms with Crippen LogP contribution in [0.25, 0.3) is 21.3 Å². The molecule has 0 spiro atoms. The summed E-state index contributed by atoms with van der Waals surface area (Å²) in [5.74, 6) is 0. The van der Waals surface area contributed by atoms with Crippen molar-refractivity contribution < 1.29 is 0 Å². The van der Waals surface area contributed by atoms with Crippen LogP contribution in [0.2, 0.25) is 0 Å². The Morgan fingerprint density at radius 2 is 1.77 bits per heavy atom. The van der Waals surface area contributed by atoms with Crippen molar-refractivity contribution in [2.24, 2.45) is 5.10 Å². The normalized spacial score (nSPS) is 11.5. The molecule has 128 valence electrons. The lowest BCUT2D eigenvalue weighted by Gasteiger charge is -2.03. The van der Waals surface area contributed by atoms with E-state index in [2.05, 4.69) is 10.1 Å². The van der Waals surface area contributed by atoms with Crippen molar-refractivity contribution in [1.29, 1.82) is 0 Å². The van der Waals surface area contributed by atoms with Crippen molar-refractivity contribution in [2.45, 2.75) is 13.8 Å². The van der Waals surface area contributed by atoms with E-state index in [1.165, 1.54) is 22.3 Å². The van der Waals surface area contributed by atoms with Gasteiger partial charge in [0.25, 0.3) is 5.56 Å². The topological polar surface area (TPSA) is 47.2 Å². The Morgan fingerprint density at radius 3 is 2.54 bits per heavy atom. The number of rotatable bonds is 3. The summed E-state index contributed by atoms with van der Waals surface area (Å²) in [6, 6.07) is 17.9. The van der Waals surface area contributed by atoms with Gasteiger partial charge in [0.05, 0.1) is 11.6 Å². The highest BCUT2D eigenvalue weighted by atomic mass is 32.1. The predicted octanol–water partition coefficient (Wildman–Crippen LogP) is 4.62. The molecule has 26 heavy (non-hydrogen) atoms. The molecule has 0 bridgehead atoms. The zero-order valence-electron chi connectivity index (χ0n) is 14.5. The molecule has 2 aromatic heterocycles. The maximum Gasteiger partial charge on any atom is 0.283 e. The highest BCUT2D eigenvalue weighted by Gasteiger charge is 2.16. The number of benzene rings is 2. The van der Waals surface area contributed by atoms with Crippen LogP contribution in [0.1, 0.15) is 16.0 Å². The summed E-state index contributed by atoms with van der Waals surface area (Å²) >= 11 is 1.54. The first-order chi connectivity index (χ1) is 12.6. The van der Waals surface area contributed by atoms with Crippen molar-refractivity contribution in [3.8, 4) is 11.1 Å². The highest BCUT2D eigenvalue weighted by Crippen LogP contribution is 2.35. The molecule has 0 saturated carbocycles. The van der Waals surface area contributed by atoms with E-state index in [1.807, 2.05) is 68.4 Å². The molecule has 0 N–H and O–H groups in total. The minimum atomic E-state index is -0.150. The molecule has 5 heteroatoms. The summed E-state index contributed by atoms with van der Waals surface area (Å²) in [5.41, 5.74) is 3.90. The van der Waals surface area contributed by atoms with Gasteiger partial charge in [0.2, 0.25) is 0 Å². The Bertz CT molecular complexity index is 1170. The molecule has 0 amide bonds. The molecular weight excluding hydrogens is 342 g/mol. The molecule has 4 aromatic rings. The predicted molar refractivity (Wildman–Crippen MR) is 108 cm³/mol. The Hall–Kier alpha value is -3.05. The third-order valence-corrected chi connectivity index (χ3v) is 5.36. The minimum Gasteiger partial charge on any atom is -0.267 e. The lowest BCUT2D eigenvalue weighted by molar-refractivity contribution is 0.818. The number of hydrogen-bond acceptors (Lipinski definition) is 4. The van der Waals surface area contributed by atoms with Crippen molar-refractivity contribution in [1.82, 2.24) is 9.66 Å². The average molecular weight is 359 g/mol. The third-order valence-electron chi connectivity index (χ3n) is 4.34. The average Bonchev–Trinajstić information content (AvgIpc) is 3.00. The fourth-order valence-corrected chi connectivity index (χ4v) is 3.99. The van der Waals surface area contributed by atoms with E-state index in [-0.39, 0.29) is 5.56 Å². The molecule has 4 nitrogen and oxygen atoms in total. The molecule has 4 rings (SSSR count). The molecule has 2 heterocycles. The molecule has 0 aliphatic carbocycles. The molecule has 0 atom stereocenters. The Balaban J connectivity index is 1.88. The van der Waals surface area contributed by atoms with Crippen LogP contribution in [0, 0.1) is 13.8 Å². The largest absolute Gasteiger partial charge is 0.283 e. The number of thiophene rings is 1. The summed E-state index contributed by atoms with van der Waals surface area (Å²) in [5, 5.41) is 4.98. The molecule has 0 saturated heterocycles. The van der Waals surface area contributed by atoms with E-state index in [1.54, 1.807) is 6.21 Å². The van der Waals surface area contributed by atoms with Gasteiger partial charge in [-0.15, -0.1) is 11.3 Å². The second-order valence-electron chi connectivity index (χ2n) is 6.07. The number of aromatic nitrogens is 2. The van der Waals surface area contributed by atoms with E-state index >= 15 is 0 Å². The van der Waals surface area contributed by atoms with Crippen molar-refractivity contribution in [3.05, 3.63) is 87.3 Å². The Morgan fingerprint density at radius 1 is 1.04 bits per heavy atom. The van der Waals surface area contributed by atoms with Gasteiger partial charge in [-0.3, -0.25) is 4.79 Å². The monoisotopic (exact) mass is 359 g/mol. The van der Waals surface area contributed by atoms with Crippen LogP contribution in [-0.2, 0) is 0 Å². The smallest absolute Gasteiger partial charge is 0.267 e. The summed E-state index contributed by atoms with van der Waals surface area (Å²) in [4.78, 5) is 19.3. The first-order valence-corrected chi connectivity index (χ1v) is 9.13. The number of nitrogens with zero attached hydrogens (tertiary/aromatic N) is 3. The summed E-state index contributed by atoms with van der Waals surface area (Å²) in [6.07, 6.45) is 3.19. The second-order valence-corrected chi connectivity index (χ2v) is 7.28. The van der Waals surface area contributed by atoms with Gasteiger partial charge in [0, 0.05) is 10.4 Å². The fraction of sp³-hybridized carbons (Fsp3) is 0.0952. The van der Waals surface area contributed by atoms with Crippen LogP contribution in [0.3, 0.4) is 0 Å². The molecule has 0 aliphatic heterocycles. The van der Waals surface area contributed by atoms with Gasteiger partial charge in [0.1, 0.15) is 11.2 Å². The maximum atomic E-state index is 13.1. The Kier molecular flexibility index (Phi) is 4.22. The van der Waals surface area contributed by atoms with Crippen LogP contribution in [0.4, 0.5) is 0 Å². The molecule has 2 aromatic carbocycles. The molecule has 0 radical (unpaired) electrons. The first-order valence-electron chi connectivity index (χ1n) is 8.31. The van der Waals surface area contributed by atoms with Gasteiger partial charge in [-0.25, -0.2) is 4.98 Å². The summed E-state index contributed by atoms with van der Waals surface area (Å²) in [6.45, 7) is 4.04. The van der Waals surface area contributed by atoms with Gasteiger partial charge in [0.15, 0.2) is 0 Å². The molecular formula is C21H17N3OS. The summed E-state index contributed by atoms with van der Waals surface area (Å²) in [7, 11) is 0. The lowest BCUT2D eigenvalue weighted by Crippen LogP contribution is -2.17. The molecule has 0 aliphatic rings. The zero-order valence-corrected chi connectivity index (χ0v) is 15.3. The van der Waals surface area contributed by atoms with Crippen LogP contribution in [-0.4, -0.2) is 15.9 Å². The van der Waals surface area contributed by atoms with Gasteiger partial charge in [-0.1, -0.05) is 54.6 Å². The summed E-state index contributed by atoms with van der Waals surface area (Å²) < 4.78 is 1.31. The fourth-order valence-electron chi connectivity index (χ4n) is 2.98.